The van der Waals surface area contributed by atoms with E-state index in [1.165, 1.54) is 0 Å². The van der Waals surface area contributed by atoms with Gasteiger partial charge in [0.05, 0.1) is 0 Å². The molecule has 0 spiro atoms. The van der Waals surface area contributed by atoms with E-state index in [0.717, 1.165) is 25.7 Å². The zero-order valence-corrected chi connectivity index (χ0v) is 9.47. The fraction of sp³-hybridized carbons (Fsp3) is 0.833. The maximum Gasteiger partial charge on any atom is 0.132 e. The van der Waals surface area contributed by atoms with E-state index in [1.54, 1.807) is 0 Å². The van der Waals surface area contributed by atoms with Gasteiger partial charge in [-0.1, -0.05) is 20.3 Å². The quantitative estimate of drug-likeness (QED) is 0.569. The van der Waals surface area contributed by atoms with Crippen LogP contribution in [0.3, 0.4) is 0 Å². The van der Waals surface area contributed by atoms with Gasteiger partial charge >= 0.3 is 0 Å². The zero-order chi connectivity index (χ0) is 10.8. The predicted molar refractivity (Wildman–Crippen MR) is 58.3 cm³/mol. The Bertz CT molecular complexity index is 173. The molecule has 14 heavy (non-hydrogen) atoms. The molecule has 0 fully saturated rings. The summed E-state index contributed by atoms with van der Waals surface area (Å²) in [7, 11) is 0. The summed E-state index contributed by atoms with van der Waals surface area (Å²) in [6.45, 7) is 4.09. The lowest BCUT2D eigenvalue weighted by molar-refractivity contribution is -0.120. The number of ketones is 2. The van der Waals surface area contributed by atoms with Crippen LogP contribution in [0.2, 0.25) is 0 Å². The average molecular weight is 198 g/mol. The molecule has 0 aliphatic heterocycles. The highest BCUT2D eigenvalue weighted by Crippen LogP contribution is 2.05. The minimum absolute atomic E-state index is 0.302. The first-order valence-electron chi connectivity index (χ1n) is 5.74. The molecule has 0 radical (unpaired) electrons. The number of hydrogen-bond acceptors (Lipinski definition) is 2. The molecule has 0 heterocycles. The van der Waals surface area contributed by atoms with Crippen molar-refractivity contribution in [2.45, 2.75) is 65.2 Å². The molecule has 0 rings (SSSR count). The summed E-state index contributed by atoms with van der Waals surface area (Å²) >= 11 is 0. The van der Waals surface area contributed by atoms with Crippen molar-refractivity contribution in [1.29, 1.82) is 0 Å². The lowest BCUT2D eigenvalue weighted by atomic mass is 10.0. The number of Topliss-reactive ketones (excluding diaryl/α,β-unsaturated/α-hetero) is 2. The van der Waals surface area contributed by atoms with Crippen molar-refractivity contribution in [2.75, 3.05) is 0 Å². The standard InChI is InChI=1S/C12H22O2/c1-3-5-8-12(14)10-6-9-11(13)7-4-2/h3-10H2,1-2H3. The van der Waals surface area contributed by atoms with Gasteiger partial charge in [-0.3, -0.25) is 9.59 Å². The summed E-state index contributed by atoms with van der Waals surface area (Å²) in [5, 5.41) is 0. The van der Waals surface area contributed by atoms with Crippen LogP contribution in [0.4, 0.5) is 0 Å². The van der Waals surface area contributed by atoms with Crippen LogP contribution in [0.5, 0.6) is 0 Å². The van der Waals surface area contributed by atoms with Gasteiger partial charge in [0.1, 0.15) is 11.6 Å². The monoisotopic (exact) mass is 198 g/mol. The fourth-order valence-corrected chi connectivity index (χ4v) is 1.39. The summed E-state index contributed by atoms with van der Waals surface area (Å²) in [6.07, 6.45) is 6.27. The largest absolute Gasteiger partial charge is 0.300 e. The van der Waals surface area contributed by atoms with Crippen LogP contribution in [0.15, 0.2) is 0 Å². The summed E-state index contributed by atoms with van der Waals surface area (Å²) in [6, 6.07) is 0. The van der Waals surface area contributed by atoms with Crippen molar-refractivity contribution in [1.82, 2.24) is 0 Å². The SMILES string of the molecule is CCCCC(=O)CCCC(=O)CCC. The number of carbonyl (C=O) groups is 2. The van der Waals surface area contributed by atoms with Crippen LogP contribution in [0.25, 0.3) is 0 Å². The van der Waals surface area contributed by atoms with Gasteiger partial charge in [-0.05, 0) is 19.3 Å². The van der Waals surface area contributed by atoms with E-state index in [2.05, 4.69) is 6.92 Å². The second kappa shape index (κ2) is 8.92. The second-order valence-electron chi connectivity index (χ2n) is 3.78. The number of rotatable bonds is 9. The van der Waals surface area contributed by atoms with Gasteiger partial charge in [-0.15, -0.1) is 0 Å². The van der Waals surface area contributed by atoms with E-state index in [9.17, 15) is 9.59 Å². The van der Waals surface area contributed by atoms with Crippen molar-refractivity contribution < 1.29 is 9.59 Å². The van der Waals surface area contributed by atoms with Crippen LogP contribution in [0, 0.1) is 0 Å². The Labute approximate surface area is 87.1 Å². The molecule has 0 N–H and O–H groups in total. The number of hydrogen-bond donors (Lipinski definition) is 0. The van der Waals surface area contributed by atoms with Gasteiger partial charge in [-0.25, -0.2) is 0 Å². The van der Waals surface area contributed by atoms with Crippen molar-refractivity contribution >= 4 is 11.6 Å². The Hall–Kier alpha value is -0.660. The number of carbonyl (C=O) groups excluding carboxylic acids is 2. The van der Waals surface area contributed by atoms with Gasteiger partial charge in [0.15, 0.2) is 0 Å². The van der Waals surface area contributed by atoms with Gasteiger partial charge < -0.3 is 0 Å². The van der Waals surface area contributed by atoms with Crippen molar-refractivity contribution in [3.8, 4) is 0 Å². The first kappa shape index (κ1) is 13.3. The molecule has 0 aliphatic rings. The van der Waals surface area contributed by atoms with Crippen molar-refractivity contribution in [3.63, 3.8) is 0 Å². The van der Waals surface area contributed by atoms with Crippen LogP contribution in [-0.4, -0.2) is 11.6 Å². The average Bonchev–Trinajstić information content (AvgIpc) is 2.15. The highest BCUT2D eigenvalue weighted by atomic mass is 16.1. The molecule has 0 aliphatic carbocycles. The van der Waals surface area contributed by atoms with E-state index in [1.807, 2.05) is 6.92 Å². The molecule has 0 saturated heterocycles. The first-order valence-corrected chi connectivity index (χ1v) is 5.74. The Morgan fingerprint density at radius 2 is 1.21 bits per heavy atom. The van der Waals surface area contributed by atoms with E-state index in [4.69, 9.17) is 0 Å². The zero-order valence-electron chi connectivity index (χ0n) is 9.47. The fourth-order valence-electron chi connectivity index (χ4n) is 1.39. The molecule has 82 valence electrons. The third kappa shape index (κ3) is 7.96. The maximum absolute atomic E-state index is 11.2. The molecule has 0 aromatic heterocycles. The molecule has 0 atom stereocenters. The van der Waals surface area contributed by atoms with E-state index < -0.39 is 0 Å². The molecule has 0 aromatic rings. The second-order valence-corrected chi connectivity index (χ2v) is 3.78. The topological polar surface area (TPSA) is 34.1 Å². The third-order valence-corrected chi connectivity index (χ3v) is 2.25. The molecule has 2 heteroatoms. The molecule has 2 nitrogen and oxygen atoms in total. The van der Waals surface area contributed by atoms with Crippen LogP contribution in [0.1, 0.15) is 65.2 Å². The Morgan fingerprint density at radius 1 is 0.714 bits per heavy atom. The number of unbranched alkanes of at least 4 members (excludes halogenated alkanes) is 1. The summed E-state index contributed by atoms with van der Waals surface area (Å²) in [5.41, 5.74) is 0. The maximum atomic E-state index is 11.2. The molecule has 0 aromatic carbocycles. The Morgan fingerprint density at radius 3 is 1.71 bits per heavy atom. The minimum Gasteiger partial charge on any atom is -0.300 e. The molecular weight excluding hydrogens is 176 g/mol. The first-order chi connectivity index (χ1) is 6.70. The summed E-state index contributed by atoms with van der Waals surface area (Å²) in [5.74, 6) is 0.618. The lowest BCUT2D eigenvalue weighted by Crippen LogP contribution is -2.01. The van der Waals surface area contributed by atoms with Crippen LogP contribution < -0.4 is 0 Å². The molecule has 0 bridgehead atoms. The molecule has 0 amide bonds. The predicted octanol–water partition coefficient (Wildman–Crippen LogP) is 3.29. The van der Waals surface area contributed by atoms with Crippen LogP contribution >= 0.6 is 0 Å². The van der Waals surface area contributed by atoms with Gasteiger partial charge in [-0.2, -0.15) is 0 Å². The highest BCUT2D eigenvalue weighted by molar-refractivity contribution is 5.81. The van der Waals surface area contributed by atoms with E-state index in [-0.39, 0.29) is 0 Å². The van der Waals surface area contributed by atoms with Gasteiger partial charge in [0.2, 0.25) is 0 Å². The Balaban J connectivity index is 3.34. The normalized spacial score (nSPS) is 10.1. The molecule has 0 unspecified atom stereocenters. The third-order valence-electron chi connectivity index (χ3n) is 2.25. The van der Waals surface area contributed by atoms with Crippen LogP contribution in [-0.2, 0) is 9.59 Å². The smallest absolute Gasteiger partial charge is 0.132 e. The Kier molecular flexibility index (Phi) is 8.50. The highest BCUT2D eigenvalue weighted by Gasteiger charge is 2.04. The van der Waals surface area contributed by atoms with E-state index >= 15 is 0 Å². The van der Waals surface area contributed by atoms with Crippen molar-refractivity contribution in [2.24, 2.45) is 0 Å². The van der Waals surface area contributed by atoms with Crippen molar-refractivity contribution in [3.05, 3.63) is 0 Å². The molecule has 0 saturated carbocycles. The van der Waals surface area contributed by atoms with Gasteiger partial charge in [0, 0.05) is 25.7 Å². The van der Waals surface area contributed by atoms with E-state index in [0.29, 0.717) is 37.2 Å². The lowest BCUT2D eigenvalue weighted by Gasteiger charge is -1.99. The minimum atomic E-state index is 0.302. The molecular formula is C12H22O2. The van der Waals surface area contributed by atoms with Gasteiger partial charge in [0.25, 0.3) is 0 Å². The summed E-state index contributed by atoms with van der Waals surface area (Å²) in [4.78, 5) is 22.4. The summed E-state index contributed by atoms with van der Waals surface area (Å²) < 4.78 is 0.